The molecule has 1 aliphatic carbocycles. The van der Waals surface area contributed by atoms with Crippen molar-refractivity contribution in [1.29, 1.82) is 0 Å². The fourth-order valence-electron chi connectivity index (χ4n) is 3.43. The minimum atomic E-state index is -0.226. The van der Waals surface area contributed by atoms with E-state index in [1.54, 1.807) is 12.1 Å². The Morgan fingerprint density at radius 1 is 1.16 bits per heavy atom. The lowest BCUT2D eigenvalue weighted by Gasteiger charge is -2.37. The van der Waals surface area contributed by atoms with Crippen molar-refractivity contribution in [1.82, 2.24) is 10.6 Å². The summed E-state index contributed by atoms with van der Waals surface area (Å²) < 4.78 is 13.0. The maximum absolute atomic E-state index is 13.0. The third-order valence-electron chi connectivity index (χ3n) is 4.86. The van der Waals surface area contributed by atoms with E-state index in [4.69, 9.17) is 0 Å². The summed E-state index contributed by atoms with van der Waals surface area (Å²) in [6, 6.07) is 6.44. The quantitative estimate of drug-likeness (QED) is 0.327. The summed E-state index contributed by atoms with van der Waals surface area (Å²) in [5, 5.41) is 16.1. The number of rotatable bonds is 7. The van der Waals surface area contributed by atoms with Gasteiger partial charge in [0.15, 0.2) is 5.96 Å². The van der Waals surface area contributed by atoms with Crippen LogP contribution in [0.1, 0.15) is 51.0 Å². The molecule has 25 heavy (non-hydrogen) atoms. The van der Waals surface area contributed by atoms with Gasteiger partial charge in [0, 0.05) is 19.7 Å². The third-order valence-corrected chi connectivity index (χ3v) is 4.86. The summed E-state index contributed by atoms with van der Waals surface area (Å²) in [7, 11) is 0. The van der Waals surface area contributed by atoms with Crippen molar-refractivity contribution in [3.8, 4) is 0 Å². The predicted octanol–water partition coefficient (Wildman–Crippen LogP) is 3.83. The second-order valence-electron chi connectivity index (χ2n) is 6.71. The van der Waals surface area contributed by atoms with Crippen molar-refractivity contribution in [2.24, 2.45) is 10.4 Å². The van der Waals surface area contributed by atoms with Crippen LogP contribution >= 0.6 is 24.0 Å². The van der Waals surface area contributed by atoms with Crippen LogP contribution in [0.4, 0.5) is 4.39 Å². The van der Waals surface area contributed by atoms with Crippen LogP contribution in [0.2, 0.25) is 0 Å². The van der Waals surface area contributed by atoms with Gasteiger partial charge in [0.25, 0.3) is 0 Å². The molecule has 0 unspecified atom stereocenters. The molecule has 4 nitrogen and oxygen atoms in total. The fourth-order valence-corrected chi connectivity index (χ4v) is 3.43. The van der Waals surface area contributed by atoms with Crippen LogP contribution in [0.25, 0.3) is 0 Å². The number of aliphatic hydroxyl groups excluding tert-OH is 1. The van der Waals surface area contributed by atoms with Gasteiger partial charge < -0.3 is 15.7 Å². The van der Waals surface area contributed by atoms with E-state index in [9.17, 15) is 9.50 Å². The highest BCUT2D eigenvalue weighted by atomic mass is 127. The monoisotopic (exact) mass is 463 g/mol. The topological polar surface area (TPSA) is 56.7 Å². The lowest BCUT2D eigenvalue weighted by molar-refractivity contribution is 0.131. The second kappa shape index (κ2) is 11.7. The molecule has 3 N–H and O–H groups in total. The number of hydrogen-bond acceptors (Lipinski definition) is 2. The molecule has 0 radical (unpaired) electrons. The van der Waals surface area contributed by atoms with Gasteiger partial charge in [-0.3, -0.25) is 0 Å². The molecule has 0 amide bonds. The van der Waals surface area contributed by atoms with E-state index >= 15 is 0 Å². The molecular formula is C19H31FIN3O. The van der Waals surface area contributed by atoms with E-state index in [1.165, 1.54) is 31.4 Å². The van der Waals surface area contributed by atoms with Gasteiger partial charge in [0.1, 0.15) is 5.82 Å². The van der Waals surface area contributed by atoms with E-state index in [-0.39, 0.29) is 41.8 Å². The SMILES string of the molecule is CCNC(=NCc1ccc(F)cc1)NCC1(CCO)CCCCC1.I. The number of aliphatic hydroxyl groups is 1. The van der Waals surface area contributed by atoms with Crippen LogP contribution in [0.15, 0.2) is 29.3 Å². The maximum atomic E-state index is 13.0. The van der Waals surface area contributed by atoms with Crippen LogP contribution in [0, 0.1) is 11.2 Å². The van der Waals surface area contributed by atoms with Crippen LogP contribution in [0.3, 0.4) is 0 Å². The number of benzene rings is 1. The lowest BCUT2D eigenvalue weighted by atomic mass is 9.72. The Morgan fingerprint density at radius 2 is 1.84 bits per heavy atom. The van der Waals surface area contributed by atoms with Crippen molar-refractivity contribution in [2.75, 3.05) is 19.7 Å². The number of nitrogens with zero attached hydrogens (tertiary/aromatic N) is 1. The summed E-state index contributed by atoms with van der Waals surface area (Å²) in [6.07, 6.45) is 6.95. The number of hydrogen-bond donors (Lipinski definition) is 3. The zero-order chi connectivity index (χ0) is 17.3. The van der Waals surface area contributed by atoms with Crippen molar-refractivity contribution in [3.63, 3.8) is 0 Å². The van der Waals surface area contributed by atoms with Crippen molar-refractivity contribution < 1.29 is 9.50 Å². The average molecular weight is 463 g/mol. The summed E-state index contributed by atoms with van der Waals surface area (Å²) in [4.78, 5) is 4.60. The number of aliphatic imine (C=N–C) groups is 1. The predicted molar refractivity (Wildman–Crippen MR) is 112 cm³/mol. The molecule has 0 spiro atoms. The van der Waals surface area contributed by atoms with E-state index in [0.717, 1.165) is 43.9 Å². The van der Waals surface area contributed by atoms with Gasteiger partial charge in [-0.15, -0.1) is 24.0 Å². The molecule has 0 saturated heterocycles. The van der Waals surface area contributed by atoms with Crippen LogP contribution in [0.5, 0.6) is 0 Å². The van der Waals surface area contributed by atoms with E-state index in [2.05, 4.69) is 15.6 Å². The van der Waals surface area contributed by atoms with Gasteiger partial charge in [-0.05, 0) is 49.3 Å². The summed E-state index contributed by atoms with van der Waals surface area (Å²) >= 11 is 0. The van der Waals surface area contributed by atoms with Crippen LogP contribution in [-0.2, 0) is 6.54 Å². The molecule has 1 aromatic carbocycles. The molecule has 0 bridgehead atoms. The Hall–Kier alpha value is -0.890. The highest BCUT2D eigenvalue weighted by molar-refractivity contribution is 14.0. The standard InChI is InChI=1S/C19H30FN3O.HI/c1-2-21-18(22-14-16-6-8-17(20)9-7-16)23-15-19(12-13-24)10-4-3-5-11-19;/h6-9,24H,2-5,10-15H2,1H3,(H2,21,22,23);1H. The van der Waals surface area contributed by atoms with Gasteiger partial charge in [0.05, 0.1) is 6.54 Å². The van der Waals surface area contributed by atoms with Gasteiger partial charge in [-0.1, -0.05) is 31.4 Å². The Kier molecular flexibility index (Phi) is 10.3. The molecule has 2 rings (SSSR count). The van der Waals surface area contributed by atoms with Gasteiger partial charge >= 0.3 is 0 Å². The zero-order valence-electron chi connectivity index (χ0n) is 15.1. The van der Waals surface area contributed by atoms with Gasteiger partial charge in [-0.2, -0.15) is 0 Å². The first-order valence-electron chi connectivity index (χ1n) is 9.05. The first kappa shape index (κ1) is 22.2. The summed E-state index contributed by atoms with van der Waals surface area (Å²) in [6.45, 7) is 4.43. The van der Waals surface area contributed by atoms with Crippen LogP contribution < -0.4 is 10.6 Å². The van der Waals surface area contributed by atoms with Gasteiger partial charge in [0.2, 0.25) is 0 Å². The van der Waals surface area contributed by atoms with E-state index < -0.39 is 0 Å². The van der Waals surface area contributed by atoms with E-state index in [0.29, 0.717) is 6.54 Å². The fraction of sp³-hybridized carbons (Fsp3) is 0.632. The molecular weight excluding hydrogens is 432 g/mol. The largest absolute Gasteiger partial charge is 0.396 e. The minimum absolute atomic E-state index is 0. The number of nitrogens with one attached hydrogen (secondary N) is 2. The molecule has 1 fully saturated rings. The smallest absolute Gasteiger partial charge is 0.191 e. The summed E-state index contributed by atoms with van der Waals surface area (Å²) in [5.41, 5.74) is 1.16. The molecule has 1 aliphatic rings. The highest BCUT2D eigenvalue weighted by Crippen LogP contribution is 2.38. The summed E-state index contributed by atoms with van der Waals surface area (Å²) in [5.74, 6) is 0.556. The van der Waals surface area contributed by atoms with Crippen molar-refractivity contribution in [2.45, 2.75) is 52.0 Å². The molecule has 0 heterocycles. The first-order valence-corrected chi connectivity index (χ1v) is 9.05. The lowest BCUT2D eigenvalue weighted by Crippen LogP contribution is -2.44. The molecule has 6 heteroatoms. The Bertz CT molecular complexity index is 510. The van der Waals surface area contributed by atoms with E-state index in [1.807, 2.05) is 6.92 Å². The molecule has 1 saturated carbocycles. The molecule has 0 aromatic heterocycles. The molecule has 142 valence electrons. The van der Waals surface area contributed by atoms with Crippen molar-refractivity contribution in [3.05, 3.63) is 35.6 Å². The Labute approximate surface area is 167 Å². The normalized spacial score (nSPS) is 16.8. The van der Waals surface area contributed by atoms with Gasteiger partial charge in [-0.25, -0.2) is 9.38 Å². The molecule has 1 aromatic rings. The van der Waals surface area contributed by atoms with Crippen LogP contribution in [-0.4, -0.2) is 30.8 Å². The average Bonchev–Trinajstić information content (AvgIpc) is 2.60. The Morgan fingerprint density at radius 3 is 2.44 bits per heavy atom. The first-order chi connectivity index (χ1) is 11.7. The molecule has 0 atom stereocenters. The zero-order valence-corrected chi connectivity index (χ0v) is 17.4. The second-order valence-corrected chi connectivity index (χ2v) is 6.71. The highest BCUT2D eigenvalue weighted by Gasteiger charge is 2.31. The van der Waals surface area contributed by atoms with Crippen molar-refractivity contribution >= 4 is 29.9 Å². The third kappa shape index (κ3) is 7.48. The number of halogens is 2. The maximum Gasteiger partial charge on any atom is 0.191 e. The Balaban J connectivity index is 0.00000312. The number of guanidine groups is 1. The minimum Gasteiger partial charge on any atom is -0.396 e. The molecule has 0 aliphatic heterocycles.